The van der Waals surface area contributed by atoms with Crippen LogP contribution in [0.5, 0.6) is 0 Å². The number of H-pyrrole nitrogens is 2. The Kier molecular flexibility index (Phi) is 5.46. The molecule has 1 aliphatic heterocycles. The van der Waals surface area contributed by atoms with Crippen molar-refractivity contribution in [2.75, 3.05) is 13.1 Å². The third-order valence-electron chi connectivity index (χ3n) is 5.80. The molecule has 0 amide bonds. The van der Waals surface area contributed by atoms with Gasteiger partial charge in [0.05, 0.1) is 17.4 Å². The van der Waals surface area contributed by atoms with Crippen LogP contribution in [0, 0.1) is 0 Å². The SMILES string of the molecule is O=c1[nH]cnc2[nH]c(-c3ccnc(C=Cc4ccc(CN5CCCCC5)cc4)c3)cc12. The summed E-state index contributed by atoms with van der Waals surface area (Å²) in [6.45, 7) is 3.46. The average Bonchev–Trinajstić information content (AvgIpc) is 3.26. The Morgan fingerprint density at radius 3 is 2.61 bits per heavy atom. The first-order valence-corrected chi connectivity index (χ1v) is 10.8. The second-order valence-corrected chi connectivity index (χ2v) is 8.06. The van der Waals surface area contributed by atoms with Crippen molar-refractivity contribution in [1.82, 2.24) is 24.8 Å². The maximum atomic E-state index is 11.9. The molecule has 31 heavy (non-hydrogen) atoms. The second-order valence-electron chi connectivity index (χ2n) is 8.06. The first kappa shape index (κ1) is 19.5. The molecule has 1 aliphatic rings. The molecule has 0 spiro atoms. The van der Waals surface area contributed by atoms with Crippen LogP contribution in [0.15, 0.2) is 59.8 Å². The minimum atomic E-state index is -0.148. The number of nitrogens with zero attached hydrogens (tertiary/aromatic N) is 3. The lowest BCUT2D eigenvalue weighted by Crippen LogP contribution is -2.28. The third-order valence-corrected chi connectivity index (χ3v) is 5.80. The zero-order valence-corrected chi connectivity index (χ0v) is 17.3. The largest absolute Gasteiger partial charge is 0.339 e. The van der Waals surface area contributed by atoms with Crippen LogP contribution in [0.1, 0.15) is 36.1 Å². The molecule has 0 saturated carbocycles. The number of fused-ring (bicyclic) bond motifs is 1. The lowest BCUT2D eigenvalue weighted by Gasteiger charge is -2.26. The zero-order valence-electron chi connectivity index (χ0n) is 17.3. The van der Waals surface area contributed by atoms with E-state index in [0.717, 1.165) is 29.1 Å². The van der Waals surface area contributed by atoms with E-state index >= 15 is 0 Å². The third kappa shape index (κ3) is 4.49. The Bertz CT molecular complexity index is 1260. The number of likely N-dealkylation sites (tertiary alicyclic amines) is 1. The standard InChI is InChI=1S/C25H25N5O/c31-25-22-15-23(29-24(22)27-17-28-25)20-10-11-26-21(14-20)9-8-18-4-6-19(7-5-18)16-30-12-2-1-3-13-30/h4-11,14-15,17H,1-3,12-13,16H2,(H2,27,28,29,31). The fourth-order valence-electron chi connectivity index (χ4n) is 4.11. The normalized spacial score (nSPS) is 15.1. The lowest BCUT2D eigenvalue weighted by atomic mass is 10.1. The molecular weight excluding hydrogens is 386 g/mol. The van der Waals surface area contributed by atoms with E-state index in [1.807, 2.05) is 24.3 Å². The predicted molar refractivity (Wildman–Crippen MR) is 124 cm³/mol. The van der Waals surface area contributed by atoms with Crippen molar-refractivity contribution in [2.24, 2.45) is 0 Å². The van der Waals surface area contributed by atoms with E-state index < -0.39 is 0 Å². The van der Waals surface area contributed by atoms with Gasteiger partial charge in [-0.3, -0.25) is 14.7 Å². The smallest absolute Gasteiger partial charge is 0.260 e. The van der Waals surface area contributed by atoms with Crippen LogP contribution in [-0.4, -0.2) is 37.9 Å². The molecule has 0 bridgehead atoms. The van der Waals surface area contributed by atoms with Crippen LogP contribution in [0.2, 0.25) is 0 Å². The molecular formula is C25H25N5O. The predicted octanol–water partition coefficient (Wildman–Crippen LogP) is 4.47. The van der Waals surface area contributed by atoms with Crippen molar-refractivity contribution in [3.63, 3.8) is 0 Å². The lowest BCUT2D eigenvalue weighted by molar-refractivity contribution is 0.221. The molecule has 4 aromatic rings. The summed E-state index contributed by atoms with van der Waals surface area (Å²) in [5.41, 5.74) is 5.61. The van der Waals surface area contributed by atoms with Gasteiger partial charge in [-0.1, -0.05) is 36.8 Å². The molecule has 156 valence electrons. The van der Waals surface area contributed by atoms with Gasteiger partial charge in [0, 0.05) is 24.0 Å². The van der Waals surface area contributed by atoms with Crippen LogP contribution in [0.25, 0.3) is 34.4 Å². The second kappa shape index (κ2) is 8.70. The Morgan fingerprint density at radius 1 is 0.968 bits per heavy atom. The number of piperidine rings is 1. The summed E-state index contributed by atoms with van der Waals surface area (Å²) >= 11 is 0. The molecule has 0 atom stereocenters. The minimum Gasteiger partial charge on any atom is -0.339 e. The summed E-state index contributed by atoms with van der Waals surface area (Å²) in [5, 5.41) is 0.552. The van der Waals surface area contributed by atoms with Gasteiger partial charge < -0.3 is 9.97 Å². The molecule has 6 heteroatoms. The zero-order chi connectivity index (χ0) is 21.0. The van der Waals surface area contributed by atoms with Gasteiger partial charge >= 0.3 is 0 Å². The molecule has 1 saturated heterocycles. The maximum Gasteiger partial charge on any atom is 0.260 e. The van der Waals surface area contributed by atoms with Crippen LogP contribution in [-0.2, 0) is 6.54 Å². The molecule has 6 nitrogen and oxygen atoms in total. The molecule has 1 aromatic carbocycles. The van der Waals surface area contributed by atoms with Gasteiger partial charge in [-0.2, -0.15) is 0 Å². The molecule has 2 N–H and O–H groups in total. The summed E-state index contributed by atoms with van der Waals surface area (Å²) < 4.78 is 0. The number of hydrogen-bond donors (Lipinski definition) is 2. The number of benzene rings is 1. The van der Waals surface area contributed by atoms with Gasteiger partial charge in [-0.05, 0) is 61.3 Å². The number of hydrogen-bond acceptors (Lipinski definition) is 4. The van der Waals surface area contributed by atoms with Crippen LogP contribution < -0.4 is 5.56 Å². The van der Waals surface area contributed by atoms with Crippen molar-refractivity contribution in [3.8, 4) is 11.3 Å². The van der Waals surface area contributed by atoms with E-state index in [2.05, 4.69) is 55.2 Å². The molecule has 5 rings (SSSR count). The van der Waals surface area contributed by atoms with E-state index in [0.29, 0.717) is 11.0 Å². The first-order chi connectivity index (χ1) is 15.2. The van der Waals surface area contributed by atoms with Gasteiger partial charge in [0.25, 0.3) is 5.56 Å². The Balaban J connectivity index is 1.30. The topological polar surface area (TPSA) is 77.7 Å². The van der Waals surface area contributed by atoms with E-state index in [9.17, 15) is 4.79 Å². The highest BCUT2D eigenvalue weighted by molar-refractivity contribution is 5.82. The number of nitrogens with one attached hydrogen (secondary N) is 2. The number of pyridine rings is 1. The van der Waals surface area contributed by atoms with Gasteiger partial charge in [-0.15, -0.1) is 0 Å². The summed E-state index contributed by atoms with van der Waals surface area (Å²) in [4.78, 5) is 28.9. The van der Waals surface area contributed by atoms with Crippen LogP contribution >= 0.6 is 0 Å². The molecule has 0 radical (unpaired) electrons. The van der Waals surface area contributed by atoms with Crippen molar-refractivity contribution >= 4 is 23.2 Å². The fourth-order valence-corrected chi connectivity index (χ4v) is 4.11. The van der Waals surface area contributed by atoms with Crippen LogP contribution in [0.3, 0.4) is 0 Å². The Morgan fingerprint density at radius 2 is 1.81 bits per heavy atom. The van der Waals surface area contributed by atoms with Crippen molar-refractivity contribution < 1.29 is 0 Å². The van der Waals surface area contributed by atoms with E-state index in [-0.39, 0.29) is 5.56 Å². The fraction of sp³-hybridized carbons (Fsp3) is 0.240. The number of aromatic nitrogens is 4. The highest BCUT2D eigenvalue weighted by Gasteiger charge is 2.10. The quantitative estimate of drug-likeness (QED) is 0.508. The first-order valence-electron chi connectivity index (χ1n) is 10.8. The summed E-state index contributed by atoms with van der Waals surface area (Å²) in [6.07, 6.45) is 11.3. The highest BCUT2D eigenvalue weighted by Crippen LogP contribution is 2.22. The summed E-state index contributed by atoms with van der Waals surface area (Å²) in [5.74, 6) is 0. The Hall–Kier alpha value is -3.51. The van der Waals surface area contributed by atoms with Gasteiger partial charge in [-0.25, -0.2) is 4.98 Å². The van der Waals surface area contributed by atoms with Crippen molar-refractivity contribution in [3.05, 3.63) is 82.2 Å². The molecule has 0 unspecified atom stereocenters. The van der Waals surface area contributed by atoms with E-state index in [1.165, 1.54) is 44.2 Å². The van der Waals surface area contributed by atoms with Gasteiger partial charge in [0.15, 0.2) is 0 Å². The molecule has 0 aliphatic carbocycles. The maximum absolute atomic E-state index is 11.9. The van der Waals surface area contributed by atoms with Crippen LogP contribution in [0.4, 0.5) is 0 Å². The summed E-state index contributed by atoms with van der Waals surface area (Å²) in [7, 11) is 0. The number of aromatic amines is 2. The Labute approximate surface area is 180 Å². The average molecular weight is 412 g/mol. The van der Waals surface area contributed by atoms with E-state index in [1.54, 1.807) is 6.20 Å². The number of rotatable bonds is 5. The van der Waals surface area contributed by atoms with Crippen molar-refractivity contribution in [1.29, 1.82) is 0 Å². The molecule has 4 heterocycles. The van der Waals surface area contributed by atoms with E-state index in [4.69, 9.17) is 0 Å². The molecule has 3 aromatic heterocycles. The summed E-state index contributed by atoms with van der Waals surface area (Å²) in [6, 6.07) is 14.5. The van der Waals surface area contributed by atoms with Gasteiger partial charge in [0.1, 0.15) is 5.65 Å². The van der Waals surface area contributed by atoms with Gasteiger partial charge in [0.2, 0.25) is 0 Å². The monoisotopic (exact) mass is 411 g/mol. The minimum absolute atomic E-state index is 0.148. The highest BCUT2D eigenvalue weighted by atomic mass is 16.1. The molecule has 1 fully saturated rings. The van der Waals surface area contributed by atoms with Crippen molar-refractivity contribution in [2.45, 2.75) is 25.8 Å².